The van der Waals surface area contributed by atoms with Crippen molar-refractivity contribution in [2.24, 2.45) is 5.73 Å². The third kappa shape index (κ3) is 3.16. The first-order valence-electron chi connectivity index (χ1n) is 6.47. The van der Waals surface area contributed by atoms with Gasteiger partial charge < -0.3 is 10.6 Å². The SMILES string of the molecule is CC(N)CN1CCCC(N2CCCC2)C1. The lowest BCUT2D eigenvalue weighted by Crippen LogP contribution is -2.49. The summed E-state index contributed by atoms with van der Waals surface area (Å²) in [5.41, 5.74) is 5.87. The lowest BCUT2D eigenvalue weighted by Gasteiger charge is -2.38. The van der Waals surface area contributed by atoms with Gasteiger partial charge in [0.1, 0.15) is 0 Å². The quantitative estimate of drug-likeness (QED) is 0.752. The van der Waals surface area contributed by atoms with E-state index in [9.17, 15) is 0 Å². The zero-order chi connectivity index (χ0) is 10.7. The summed E-state index contributed by atoms with van der Waals surface area (Å²) in [6.45, 7) is 8.35. The molecule has 15 heavy (non-hydrogen) atoms. The minimum atomic E-state index is 0.322. The topological polar surface area (TPSA) is 32.5 Å². The molecule has 3 heteroatoms. The maximum atomic E-state index is 5.87. The maximum Gasteiger partial charge on any atom is 0.0223 e. The van der Waals surface area contributed by atoms with Crippen LogP contribution in [0.3, 0.4) is 0 Å². The first-order chi connectivity index (χ1) is 7.25. The van der Waals surface area contributed by atoms with Gasteiger partial charge in [0, 0.05) is 25.2 Å². The van der Waals surface area contributed by atoms with E-state index in [0.29, 0.717) is 6.04 Å². The third-order valence-electron chi connectivity index (χ3n) is 3.68. The standard InChI is InChI=1S/C12H25N3/c1-11(13)9-14-6-4-5-12(10-14)15-7-2-3-8-15/h11-12H,2-10,13H2,1H3. The monoisotopic (exact) mass is 211 g/mol. The molecule has 0 aromatic carbocycles. The molecule has 2 N–H and O–H groups in total. The maximum absolute atomic E-state index is 5.87. The zero-order valence-corrected chi connectivity index (χ0v) is 9.99. The molecule has 2 atom stereocenters. The summed E-state index contributed by atoms with van der Waals surface area (Å²) in [4.78, 5) is 5.24. The van der Waals surface area contributed by atoms with Gasteiger partial charge in [0.25, 0.3) is 0 Å². The van der Waals surface area contributed by atoms with Gasteiger partial charge in [0.15, 0.2) is 0 Å². The Hall–Kier alpha value is -0.120. The van der Waals surface area contributed by atoms with Crippen molar-refractivity contribution in [2.45, 2.75) is 44.7 Å². The van der Waals surface area contributed by atoms with Crippen LogP contribution in [0.1, 0.15) is 32.6 Å². The van der Waals surface area contributed by atoms with Crippen LogP contribution < -0.4 is 5.73 Å². The molecule has 0 amide bonds. The Kier molecular flexibility index (Phi) is 4.00. The largest absolute Gasteiger partial charge is 0.327 e. The first kappa shape index (κ1) is 11.4. The molecule has 2 saturated heterocycles. The highest BCUT2D eigenvalue weighted by atomic mass is 15.2. The molecule has 0 aromatic rings. The van der Waals surface area contributed by atoms with E-state index in [1.165, 1.54) is 51.9 Å². The van der Waals surface area contributed by atoms with Gasteiger partial charge in [-0.1, -0.05) is 0 Å². The van der Waals surface area contributed by atoms with E-state index < -0.39 is 0 Å². The molecule has 2 rings (SSSR count). The van der Waals surface area contributed by atoms with Crippen LogP contribution in [-0.2, 0) is 0 Å². The molecular formula is C12H25N3. The van der Waals surface area contributed by atoms with E-state index in [0.717, 1.165) is 12.6 Å². The summed E-state index contributed by atoms with van der Waals surface area (Å²) in [5, 5.41) is 0. The fourth-order valence-electron chi connectivity index (χ4n) is 3.01. The summed E-state index contributed by atoms with van der Waals surface area (Å²) < 4.78 is 0. The molecule has 88 valence electrons. The average Bonchev–Trinajstić information content (AvgIpc) is 2.69. The fraction of sp³-hybridized carbons (Fsp3) is 1.00. The van der Waals surface area contributed by atoms with E-state index in [2.05, 4.69) is 16.7 Å². The Balaban J connectivity index is 1.80. The molecule has 2 unspecified atom stereocenters. The predicted molar refractivity (Wildman–Crippen MR) is 63.9 cm³/mol. The summed E-state index contributed by atoms with van der Waals surface area (Å²) >= 11 is 0. The van der Waals surface area contributed by atoms with E-state index >= 15 is 0 Å². The number of rotatable bonds is 3. The van der Waals surface area contributed by atoms with E-state index in [1.807, 2.05) is 0 Å². The molecule has 0 aromatic heterocycles. The van der Waals surface area contributed by atoms with Gasteiger partial charge >= 0.3 is 0 Å². The number of nitrogens with zero attached hydrogens (tertiary/aromatic N) is 2. The van der Waals surface area contributed by atoms with Crippen LogP contribution in [0.25, 0.3) is 0 Å². The van der Waals surface area contributed by atoms with Gasteiger partial charge in [-0.2, -0.15) is 0 Å². The van der Waals surface area contributed by atoms with Gasteiger partial charge in [-0.05, 0) is 52.2 Å². The summed E-state index contributed by atoms with van der Waals surface area (Å²) in [5.74, 6) is 0. The Bertz CT molecular complexity index is 187. The van der Waals surface area contributed by atoms with Gasteiger partial charge in [0.05, 0.1) is 0 Å². The Morgan fingerprint density at radius 3 is 2.60 bits per heavy atom. The Morgan fingerprint density at radius 1 is 1.20 bits per heavy atom. The van der Waals surface area contributed by atoms with E-state index in [4.69, 9.17) is 5.73 Å². The molecule has 2 aliphatic rings. The smallest absolute Gasteiger partial charge is 0.0223 e. The van der Waals surface area contributed by atoms with Crippen molar-refractivity contribution in [2.75, 3.05) is 32.7 Å². The first-order valence-corrected chi connectivity index (χ1v) is 6.47. The van der Waals surface area contributed by atoms with Crippen molar-refractivity contribution in [1.82, 2.24) is 9.80 Å². The lowest BCUT2D eigenvalue weighted by molar-refractivity contribution is 0.112. The molecule has 0 bridgehead atoms. The second-order valence-corrected chi connectivity index (χ2v) is 5.28. The normalized spacial score (nSPS) is 32.0. The van der Waals surface area contributed by atoms with Crippen molar-refractivity contribution in [3.05, 3.63) is 0 Å². The van der Waals surface area contributed by atoms with Crippen molar-refractivity contribution >= 4 is 0 Å². The number of piperidine rings is 1. The molecule has 0 saturated carbocycles. The second kappa shape index (κ2) is 5.28. The lowest BCUT2D eigenvalue weighted by atomic mass is 10.0. The number of nitrogens with two attached hydrogens (primary N) is 1. The van der Waals surface area contributed by atoms with Crippen LogP contribution in [0.4, 0.5) is 0 Å². The zero-order valence-electron chi connectivity index (χ0n) is 9.99. The summed E-state index contributed by atoms with van der Waals surface area (Å²) in [6.07, 6.45) is 5.57. The van der Waals surface area contributed by atoms with Gasteiger partial charge in [-0.3, -0.25) is 4.90 Å². The number of hydrogen-bond donors (Lipinski definition) is 1. The van der Waals surface area contributed by atoms with Crippen molar-refractivity contribution < 1.29 is 0 Å². The highest BCUT2D eigenvalue weighted by Crippen LogP contribution is 2.20. The van der Waals surface area contributed by atoms with Crippen molar-refractivity contribution in [1.29, 1.82) is 0 Å². The summed E-state index contributed by atoms with van der Waals surface area (Å²) in [7, 11) is 0. The van der Waals surface area contributed by atoms with Crippen LogP contribution in [0.15, 0.2) is 0 Å². The number of likely N-dealkylation sites (tertiary alicyclic amines) is 2. The number of hydrogen-bond acceptors (Lipinski definition) is 3. The van der Waals surface area contributed by atoms with E-state index in [1.54, 1.807) is 0 Å². The van der Waals surface area contributed by atoms with Crippen LogP contribution in [0, 0.1) is 0 Å². The molecular weight excluding hydrogens is 186 g/mol. The highest BCUT2D eigenvalue weighted by Gasteiger charge is 2.26. The van der Waals surface area contributed by atoms with Gasteiger partial charge in [-0.25, -0.2) is 0 Å². The molecule has 3 nitrogen and oxygen atoms in total. The average molecular weight is 211 g/mol. The van der Waals surface area contributed by atoms with Gasteiger partial charge in [-0.15, -0.1) is 0 Å². The van der Waals surface area contributed by atoms with Crippen LogP contribution >= 0.6 is 0 Å². The predicted octanol–water partition coefficient (Wildman–Crippen LogP) is 0.894. The molecule has 2 heterocycles. The minimum absolute atomic E-state index is 0.322. The van der Waals surface area contributed by atoms with Gasteiger partial charge in [0.2, 0.25) is 0 Å². The highest BCUT2D eigenvalue weighted by molar-refractivity contribution is 4.83. The molecule has 0 aliphatic carbocycles. The van der Waals surface area contributed by atoms with Crippen molar-refractivity contribution in [3.8, 4) is 0 Å². The molecule has 0 spiro atoms. The van der Waals surface area contributed by atoms with Crippen LogP contribution in [0.5, 0.6) is 0 Å². The molecule has 2 aliphatic heterocycles. The third-order valence-corrected chi connectivity index (χ3v) is 3.68. The second-order valence-electron chi connectivity index (χ2n) is 5.28. The molecule has 2 fully saturated rings. The Labute approximate surface area is 93.6 Å². The minimum Gasteiger partial charge on any atom is -0.327 e. The van der Waals surface area contributed by atoms with E-state index in [-0.39, 0.29) is 0 Å². The molecule has 0 radical (unpaired) electrons. The Morgan fingerprint density at radius 2 is 1.93 bits per heavy atom. The van der Waals surface area contributed by atoms with Crippen molar-refractivity contribution in [3.63, 3.8) is 0 Å². The van der Waals surface area contributed by atoms with Crippen LogP contribution in [0.2, 0.25) is 0 Å². The summed E-state index contributed by atoms with van der Waals surface area (Å²) in [6, 6.07) is 1.14. The fourth-order valence-corrected chi connectivity index (χ4v) is 3.01. The van der Waals surface area contributed by atoms with Crippen LogP contribution in [-0.4, -0.2) is 54.6 Å².